The van der Waals surface area contributed by atoms with Gasteiger partial charge in [0.15, 0.2) is 0 Å². The lowest BCUT2D eigenvalue weighted by Crippen LogP contribution is -2.58. The molecule has 0 radical (unpaired) electrons. The molecule has 0 spiro atoms. The molecule has 5 nitrogen and oxygen atoms in total. The summed E-state index contributed by atoms with van der Waals surface area (Å²) < 4.78 is 5.80. The Hall–Kier alpha value is -1.88. The minimum absolute atomic E-state index is 0.0820. The molecular weight excluding hydrogens is 388 g/mol. The van der Waals surface area contributed by atoms with Crippen LogP contribution in [0.15, 0.2) is 30.3 Å². The summed E-state index contributed by atoms with van der Waals surface area (Å²) in [6, 6.07) is 10.0. The first kappa shape index (κ1) is 22.3. The maximum Gasteiger partial charge on any atom is 0.309 e. The summed E-state index contributed by atoms with van der Waals surface area (Å²) in [4.78, 5) is 28.1. The standard InChI is InChI=1S/C26H38N2O3/c1-26(2,3)27-24(29)23-15-19-11-7-8-12-20(19)16-28(23)17-22-14-21(25(30)31-22)13-18-9-5-4-6-10-18/h4-6,9-10,19-23H,7-8,11-17H2,1-3H3,(H,27,29)/t19-,20+,21+,22-,23-/m0/s1. The van der Waals surface area contributed by atoms with Crippen molar-refractivity contribution in [2.24, 2.45) is 17.8 Å². The number of nitrogens with one attached hydrogen (secondary N) is 1. The fourth-order valence-corrected chi connectivity index (χ4v) is 5.79. The molecule has 0 unspecified atom stereocenters. The molecule has 170 valence electrons. The molecule has 4 rings (SSSR count). The topological polar surface area (TPSA) is 58.6 Å². The Labute approximate surface area is 186 Å². The van der Waals surface area contributed by atoms with E-state index >= 15 is 0 Å². The van der Waals surface area contributed by atoms with Gasteiger partial charge in [-0.1, -0.05) is 49.6 Å². The van der Waals surface area contributed by atoms with Gasteiger partial charge in [-0.2, -0.15) is 0 Å². The highest BCUT2D eigenvalue weighted by Crippen LogP contribution is 2.39. The lowest BCUT2D eigenvalue weighted by atomic mass is 9.72. The fraction of sp³-hybridized carbons (Fsp3) is 0.692. The number of piperidine rings is 1. The zero-order valence-electron chi connectivity index (χ0n) is 19.3. The summed E-state index contributed by atoms with van der Waals surface area (Å²) in [5.41, 5.74) is 0.933. The third-order valence-corrected chi connectivity index (χ3v) is 7.23. The predicted molar refractivity (Wildman–Crippen MR) is 121 cm³/mol. The summed E-state index contributed by atoms with van der Waals surface area (Å²) >= 11 is 0. The Morgan fingerprint density at radius 1 is 1.10 bits per heavy atom. The van der Waals surface area contributed by atoms with E-state index in [4.69, 9.17) is 4.74 Å². The van der Waals surface area contributed by atoms with Gasteiger partial charge in [0.05, 0.1) is 12.0 Å². The average molecular weight is 427 g/mol. The van der Waals surface area contributed by atoms with E-state index in [1.54, 1.807) is 0 Å². The van der Waals surface area contributed by atoms with E-state index in [1.807, 2.05) is 39.0 Å². The summed E-state index contributed by atoms with van der Waals surface area (Å²) in [6.45, 7) is 7.73. The number of benzene rings is 1. The molecule has 31 heavy (non-hydrogen) atoms. The maximum atomic E-state index is 13.2. The van der Waals surface area contributed by atoms with Crippen LogP contribution in [0.25, 0.3) is 0 Å². The number of rotatable bonds is 5. The summed E-state index contributed by atoms with van der Waals surface area (Å²) in [7, 11) is 0. The van der Waals surface area contributed by atoms with Gasteiger partial charge in [-0.3, -0.25) is 14.5 Å². The first-order valence-electron chi connectivity index (χ1n) is 12.1. The van der Waals surface area contributed by atoms with Crippen molar-refractivity contribution in [2.45, 2.75) is 83.4 Å². The molecule has 2 aliphatic heterocycles. The lowest BCUT2D eigenvalue weighted by molar-refractivity contribution is -0.145. The number of fused-ring (bicyclic) bond motifs is 1. The van der Waals surface area contributed by atoms with Crippen molar-refractivity contribution in [3.05, 3.63) is 35.9 Å². The fourth-order valence-electron chi connectivity index (χ4n) is 5.79. The molecule has 1 aromatic carbocycles. The number of cyclic esters (lactones) is 1. The molecule has 1 aromatic rings. The maximum absolute atomic E-state index is 13.2. The molecule has 0 aromatic heterocycles. The Kier molecular flexibility index (Phi) is 6.71. The predicted octanol–water partition coefficient (Wildman–Crippen LogP) is 3.96. The van der Waals surface area contributed by atoms with Gasteiger partial charge >= 0.3 is 5.97 Å². The SMILES string of the molecule is CC(C)(C)NC(=O)[C@@H]1C[C@@H]2CCCC[C@@H]2CN1C[C@@H]1C[C@@H](Cc2ccccc2)C(=O)O1. The van der Waals surface area contributed by atoms with Crippen LogP contribution in [0.1, 0.15) is 64.9 Å². The van der Waals surface area contributed by atoms with Crippen molar-refractivity contribution in [1.82, 2.24) is 10.2 Å². The largest absolute Gasteiger partial charge is 0.461 e. The van der Waals surface area contributed by atoms with Gasteiger partial charge in [-0.25, -0.2) is 0 Å². The smallest absolute Gasteiger partial charge is 0.309 e. The number of hydrogen-bond donors (Lipinski definition) is 1. The number of carbonyl (C=O) groups is 2. The highest BCUT2D eigenvalue weighted by Gasteiger charge is 2.43. The first-order valence-corrected chi connectivity index (χ1v) is 12.1. The quantitative estimate of drug-likeness (QED) is 0.724. The number of amides is 1. The van der Waals surface area contributed by atoms with Gasteiger partial charge in [-0.15, -0.1) is 0 Å². The molecule has 5 atom stereocenters. The number of ether oxygens (including phenoxy) is 1. The van der Waals surface area contributed by atoms with E-state index in [-0.39, 0.29) is 35.5 Å². The molecular formula is C26H38N2O3. The zero-order valence-corrected chi connectivity index (χ0v) is 19.3. The van der Waals surface area contributed by atoms with E-state index < -0.39 is 0 Å². The Morgan fingerprint density at radius 2 is 1.81 bits per heavy atom. The summed E-state index contributed by atoms with van der Waals surface area (Å²) in [5, 5.41) is 3.20. The highest BCUT2D eigenvalue weighted by atomic mass is 16.6. The minimum Gasteiger partial charge on any atom is -0.461 e. The molecule has 3 fully saturated rings. The van der Waals surface area contributed by atoms with E-state index in [0.717, 1.165) is 25.8 Å². The number of hydrogen-bond acceptors (Lipinski definition) is 4. The van der Waals surface area contributed by atoms with Crippen LogP contribution in [0.3, 0.4) is 0 Å². The molecule has 1 saturated carbocycles. The van der Waals surface area contributed by atoms with Crippen molar-refractivity contribution in [2.75, 3.05) is 13.1 Å². The number of likely N-dealkylation sites (tertiary alicyclic amines) is 1. The van der Waals surface area contributed by atoms with Crippen molar-refractivity contribution in [1.29, 1.82) is 0 Å². The van der Waals surface area contributed by atoms with Crippen LogP contribution in [-0.4, -0.2) is 47.6 Å². The van der Waals surface area contributed by atoms with Crippen LogP contribution in [0.5, 0.6) is 0 Å². The van der Waals surface area contributed by atoms with Crippen LogP contribution in [-0.2, 0) is 20.7 Å². The van der Waals surface area contributed by atoms with Crippen LogP contribution >= 0.6 is 0 Å². The molecule has 0 bridgehead atoms. The van der Waals surface area contributed by atoms with E-state index in [1.165, 1.54) is 31.2 Å². The van der Waals surface area contributed by atoms with Crippen molar-refractivity contribution in [3.8, 4) is 0 Å². The molecule has 2 saturated heterocycles. The van der Waals surface area contributed by atoms with E-state index in [9.17, 15) is 9.59 Å². The second-order valence-electron chi connectivity index (χ2n) is 10.9. The third kappa shape index (κ3) is 5.68. The van der Waals surface area contributed by atoms with E-state index in [0.29, 0.717) is 18.4 Å². The van der Waals surface area contributed by atoms with Gasteiger partial charge in [0, 0.05) is 18.6 Å². The van der Waals surface area contributed by atoms with Gasteiger partial charge < -0.3 is 10.1 Å². The third-order valence-electron chi connectivity index (χ3n) is 7.23. The van der Waals surface area contributed by atoms with Crippen LogP contribution in [0.4, 0.5) is 0 Å². The summed E-state index contributed by atoms with van der Waals surface area (Å²) in [5.74, 6) is 1.28. The highest BCUT2D eigenvalue weighted by molar-refractivity contribution is 5.82. The van der Waals surface area contributed by atoms with E-state index in [2.05, 4.69) is 22.3 Å². The lowest BCUT2D eigenvalue weighted by Gasteiger charge is -2.46. The Balaban J connectivity index is 1.42. The Morgan fingerprint density at radius 3 is 2.52 bits per heavy atom. The molecule has 1 N–H and O–H groups in total. The molecule has 2 heterocycles. The van der Waals surface area contributed by atoms with Crippen molar-refractivity contribution >= 4 is 11.9 Å². The zero-order chi connectivity index (χ0) is 22.0. The van der Waals surface area contributed by atoms with Crippen molar-refractivity contribution < 1.29 is 14.3 Å². The average Bonchev–Trinajstić information content (AvgIpc) is 3.05. The Bertz CT molecular complexity index is 773. The van der Waals surface area contributed by atoms with Crippen molar-refractivity contribution in [3.63, 3.8) is 0 Å². The summed E-state index contributed by atoms with van der Waals surface area (Å²) in [6.07, 6.45) is 7.38. The van der Waals surface area contributed by atoms with Crippen LogP contribution < -0.4 is 5.32 Å². The second-order valence-corrected chi connectivity index (χ2v) is 10.9. The minimum atomic E-state index is -0.243. The monoisotopic (exact) mass is 426 g/mol. The molecule has 5 heteroatoms. The number of carbonyl (C=O) groups excluding carboxylic acids is 2. The molecule has 1 aliphatic carbocycles. The van der Waals surface area contributed by atoms with Crippen LogP contribution in [0, 0.1) is 17.8 Å². The van der Waals surface area contributed by atoms with Crippen LogP contribution in [0.2, 0.25) is 0 Å². The number of esters is 1. The van der Waals surface area contributed by atoms with Gasteiger partial charge in [-0.05, 0) is 63.9 Å². The van der Waals surface area contributed by atoms with Gasteiger partial charge in [0.1, 0.15) is 6.10 Å². The van der Waals surface area contributed by atoms with Gasteiger partial charge in [0.25, 0.3) is 0 Å². The first-order chi connectivity index (χ1) is 14.8. The second kappa shape index (κ2) is 9.32. The van der Waals surface area contributed by atoms with Gasteiger partial charge in [0.2, 0.25) is 5.91 Å². The number of nitrogens with zero attached hydrogens (tertiary/aromatic N) is 1. The molecule has 1 amide bonds. The normalized spacial score (nSPS) is 31.7. The molecule has 3 aliphatic rings.